The SMILES string of the molecule is CC(C)C(C)Nc1ccc2nnc(C(F)(F)F)n2n1. The van der Waals surface area contributed by atoms with Crippen LogP contribution in [0.1, 0.15) is 26.6 Å². The van der Waals surface area contributed by atoms with Crippen molar-refractivity contribution in [1.82, 2.24) is 19.8 Å². The van der Waals surface area contributed by atoms with Crippen LogP contribution in [0, 0.1) is 5.92 Å². The molecule has 0 aliphatic rings. The van der Waals surface area contributed by atoms with Crippen LogP contribution in [0.2, 0.25) is 0 Å². The molecule has 2 aromatic heterocycles. The van der Waals surface area contributed by atoms with Gasteiger partial charge in [0.2, 0.25) is 0 Å². The topological polar surface area (TPSA) is 55.1 Å². The van der Waals surface area contributed by atoms with Crippen molar-refractivity contribution >= 4 is 11.5 Å². The summed E-state index contributed by atoms with van der Waals surface area (Å²) in [4.78, 5) is 0. The maximum absolute atomic E-state index is 12.7. The lowest BCUT2D eigenvalue weighted by atomic mass is 10.1. The molecule has 8 heteroatoms. The molecule has 104 valence electrons. The summed E-state index contributed by atoms with van der Waals surface area (Å²) in [6.45, 7) is 5.96. The Kier molecular flexibility index (Phi) is 3.34. The predicted molar refractivity (Wildman–Crippen MR) is 63.7 cm³/mol. The number of hydrogen-bond acceptors (Lipinski definition) is 4. The number of nitrogens with zero attached hydrogens (tertiary/aromatic N) is 4. The van der Waals surface area contributed by atoms with Gasteiger partial charge in [-0.3, -0.25) is 0 Å². The lowest BCUT2D eigenvalue weighted by molar-refractivity contribution is -0.146. The first-order valence-electron chi connectivity index (χ1n) is 5.85. The van der Waals surface area contributed by atoms with E-state index in [-0.39, 0.29) is 11.7 Å². The predicted octanol–water partition coefficient (Wildman–Crippen LogP) is 2.60. The normalized spacial score (nSPS) is 14.1. The van der Waals surface area contributed by atoms with E-state index in [1.807, 2.05) is 20.8 Å². The van der Waals surface area contributed by atoms with Crippen LogP contribution in [0.25, 0.3) is 5.65 Å². The second-order valence-corrected chi connectivity index (χ2v) is 4.69. The quantitative estimate of drug-likeness (QED) is 0.934. The third-order valence-electron chi connectivity index (χ3n) is 2.89. The van der Waals surface area contributed by atoms with Crippen LogP contribution in [-0.4, -0.2) is 25.9 Å². The summed E-state index contributed by atoms with van der Waals surface area (Å²) in [7, 11) is 0. The minimum atomic E-state index is -4.57. The fourth-order valence-corrected chi connectivity index (χ4v) is 1.44. The highest BCUT2D eigenvalue weighted by molar-refractivity contribution is 5.44. The van der Waals surface area contributed by atoms with E-state index in [2.05, 4.69) is 20.6 Å². The van der Waals surface area contributed by atoms with Crippen molar-refractivity contribution in [2.45, 2.75) is 33.0 Å². The highest BCUT2D eigenvalue weighted by Crippen LogP contribution is 2.27. The molecule has 2 rings (SSSR count). The fraction of sp³-hybridized carbons (Fsp3) is 0.545. The molecule has 0 fully saturated rings. The lowest BCUT2D eigenvalue weighted by Gasteiger charge is -2.17. The van der Waals surface area contributed by atoms with Gasteiger partial charge in [-0.25, -0.2) is 0 Å². The summed E-state index contributed by atoms with van der Waals surface area (Å²) < 4.78 is 38.8. The fourth-order valence-electron chi connectivity index (χ4n) is 1.44. The van der Waals surface area contributed by atoms with Gasteiger partial charge >= 0.3 is 6.18 Å². The van der Waals surface area contributed by atoms with Gasteiger partial charge in [0.05, 0.1) is 0 Å². The number of fused-ring (bicyclic) bond motifs is 1. The van der Waals surface area contributed by atoms with E-state index in [0.29, 0.717) is 16.3 Å². The maximum Gasteiger partial charge on any atom is 0.453 e. The Bertz CT molecular complexity index is 575. The number of alkyl halides is 3. The Balaban J connectivity index is 2.39. The molecule has 0 radical (unpaired) electrons. The Hall–Kier alpha value is -1.86. The van der Waals surface area contributed by atoms with Crippen LogP contribution in [0.15, 0.2) is 12.1 Å². The van der Waals surface area contributed by atoms with Crippen LogP contribution in [0.5, 0.6) is 0 Å². The van der Waals surface area contributed by atoms with E-state index >= 15 is 0 Å². The monoisotopic (exact) mass is 273 g/mol. The van der Waals surface area contributed by atoms with Crippen molar-refractivity contribution < 1.29 is 13.2 Å². The molecule has 2 heterocycles. The number of hydrogen-bond donors (Lipinski definition) is 1. The first kappa shape index (κ1) is 13.6. The molecule has 0 saturated carbocycles. The second kappa shape index (κ2) is 4.67. The maximum atomic E-state index is 12.7. The number of aromatic nitrogens is 4. The summed E-state index contributed by atoms with van der Waals surface area (Å²) in [6.07, 6.45) is -4.57. The lowest BCUT2D eigenvalue weighted by Crippen LogP contribution is -2.23. The zero-order valence-corrected chi connectivity index (χ0v) is 10.7. The van der Waals surface area contributed by atoms with Gasteiger partial charge in [-0.2, -0.15) is 17.7 Å². The average Bonchev–Trinajstić information content (AvgIpc) is 2.71. The molecule has 1 N–H and O–H groups in total. The van der Waals surface area contributed by atoms with Gasteiger partial charge in [-0.05, 0) is 25.0 Å². The molecule has 0 amide bonds. The van der Waals surface area contributed by atoms with E-state index in [1.165, 1.54) is 6.07 Å². The minimum Gasteiger partial charge on any atom is -0.366 e. The summed E-state index contributed by atoms with van der Waals surface area (Å²) in [5, 5.41) is 13.5. The smallest absolute Gasteiger partial charge is 0.366 e. The zero-order valence-electron chi connectivity index (χ0n) is 10.7. The van der Waals surface area contributed by atoms with Gasteiger partial charge in [0.1, 0.15) is 5.82 Å². The summed E-state index contributed by atoms with van der Waals surface area (Å²) in [5.41, 5.74) is 0.0649. The third-order valence-corrected chi connectivity index (χ3v) is 2.89. The van der Waals surface area contributed by atoms with E-state index in [9.17, 15) is 13.2 Å². The third kappa shape index (κ3) is 2.77. The molecule has 2 aromatic rings. The summed E-state index contributed by atoms with van der Waals surface area (Å²) in [6, 6.07) is 3.13. The molecule has 1 unspecified atom stereocenters. The van der Waals surface area contributed by atoms with Crippen molar-refractivity contribution in [3.05, 3.63) is 18.0 Å². The Morgan fingerprint density at radius 1 is 1.16 bits per heavy atom. The molecule has 0 aromatic carbocycles. The molecule has 0 bridgehead atoms. The molecule has 19 heavy (non-hydrogen) atoms. The van der Waals surface area contributed by atoms with Crippen molar-refractivity contribution in [3.63, 3.8) is 0 Å². The highest BCUT2D eigenvalue weighted by Gasteiger charge is 2.37. The Labute approximate surface area is 107 Å². The van der Waals surface area contributed by atoms with Crippen LogP contribution >= 0.6 is 0 Å². The number of rotatable bonds is 3. The number of nitrogens with one attached hydrogen (secondary N) is 1. The van der Waals surface area contributed by atoms with Crippen LogP contribution in [0.3, 0.4) is 0 Å². The zero-order chi connectivity index (χ0) is 14.2. The van der Waals surface area contributed by atoms with Crippen LogP contribution in [-0.2, 0) is 6.18 Å². The second-order valence-electron chi connectivity index (χ2n) is 4.69. The minimum absolute atomic E-state index is 0.0649. The van der Waals surface area contributed by atoms with Crippen molar-refractivity contribution in [2.75, 3.05) is 5.32 Å². The number of halogens is 3. The van der Waals surface area contributed by atoms with E-state index in [1.54, 1.807) is 6.07 Å². The van der Waals surface area contributed by atoms with Gasteiger partial charge in [0.15, 0.2) is 5.65 Å². The summed E-state index contributed by atoms with van der Waals surface area (Å²) >= 11 is 0. The molecule has 0 aliphatic carbocycles. The molecule has 5 nitrogen and oxygen atoms in total. The van der Waals surface area contributed by atoms with Crippen molar-refractivity contribution in [3.8, 4) is 0 Å². The van der Waals surface area contributed by atoms with E-state index in [0.717, 1.165) is 0 Å². The van der Waals surface area contributed by atoms with Gasteiger partial charge in [-0.15, -0.1) is 15.3 Å². The van der Waals surface area contributed by atoms with Gasteiger partial charge < -0.3 is 5.32 Å². The van der Waals surface area contributed by atoms with E-state index < -0.39 is 12.0 Å². The number of anilines is 1. The van der Waals surface area contributed by atoms with Gasteiger partial charge in [0, 0.05) is 6.04 Å². The van der Waals surface area contributed by atoms with Crippen molar-refractivity contribution in [1.29, 1.82) is 0 Å². The first-order chi connectivity index (χ1) is 8.79. The highest BCUT2D eigenvalue weighted by atomic mass is 19.4. The molecule has 0 spiro atoms. The largest absolute Gasteiger partial charge is 0.453 e. The molecular weight excluding hydrogens is 259 g/mol. The molecule has 1 atom stereocenters. The molecular formula is C11H14F3N5. The van der Waals surface area contributed by atoms with Crippen LogP contribution < -0.4 is 5.32 Å². The van der Waals surface area contributed by atoms with Crippen LogP contribution in [0.4, 0.5) is 19.0 Å². The Morgan fingerprint density at radius 3 is 2.42 bits per heavy atom. The molecule has 0 saturated heterocycles. The first-order valence-corrected chi connectivity index (χ1v) is 5.85. The van der Waals surface area contributed by atoms with E-state index in [4.69, 9.17) is 0 Å². The standard InChI is InChI=1S/C11H14F3N5/c1-6(2)7(3)15-8-4-5-9-16-17-10(11(12,13)14)19(9)18-8/h4-7H,1-3H3,(H,15,18). The van der Waals surface area contributed by atoms with Crippen molar-refractivity contribution in [2.24, 2.45) is 5.92 Å². The van der Waals surface area contributed by atoms with Gasteiger partial charge in [-0.1, -0.05) is 13.8 Å². The summed E-state index contributed by atoms with van der Waals surface area (Å²) in [5.74, 6) is -0.428. The molecule has 0 aliphatic heterocycles. The Morgan fingerprint density at radius 2 is 1.84 bits per heavy atom. The van der Waals surface area contributed by atoms with Gasteiger partial charge in [0.25, 0.3) is 5.82 Å². The average molecular weight is 273 g/mol.